The van der Waals surface area contributed by atoms with Gasteiger partial charge in [-0.3, -0.25) is 0 Å². The number of benzene rings is 2. The van der Waals surface area contributed by atoms with Gasteiger partial charge < -0.3 is 19.9 Å². The average Bonchev–Trinajstić information content (AvgIpc) is 2.48. The zero-order valence-corrected chi connectivity index (χ0v) is 11.7. The summed E-state index contributed by atoms with van der Waals surface area (Å²) in [6.45, 7) is 3.06. The first-order valence-electron chi connectivity index (χ1n) is 6.56. The molecule has 4 nitrogen and oxygen atoms in total. The predicted octanol–water partition coefficient (Wildman–Crippen LogP) is 3.41. The molecule has 0 amide bonds. The topological polar surface area (TPSA) is 50.7 Å². The van der Waals surface area contributed by atoms with Gasteiger partial charge in [-0.25, -0.2) is 0 Å². The van der Waals surface area contributed by atoms with E-state index in [1.807, 2.05) is 37.3 Å². The third kappa shape index (κ3) is 3.35. The minimum atomic E-state index is 0.243. The number of methoxy groups -OCH3 is 1. The van der Waals surface area contributed by atoms with Crippen molar-refractivity contribution >= 4 is 5.69 Å². The van der Waals surface area contributed by atoms with Crippen LogP contribution in [0.2, 0.25) is 0 Å². The Morgan fingerprint density at radius 2 is 1.95 bits per heavy atom. The normalized spacial score (nSPS) is 10.1. The van der Waals surface area contributed by atoms with E-state index in [-0.39, 0.29) is 5.75 Å². The van der Waals surface area contributed by atoms with Crippen LogP contribution in [0.1, 0.15) is 12.5 Å². The van der Waals surface area contributed by atoms with Crippen LogP contribution in [0.4, 0.5) is 5.69 Å². The fourth-order valence-electron chi connectivity index (χ4n) is 1.91. The minimum Gasteiger partial charge on any atom is -0.508 e. The van der Waals surface area contributed by atoms with Crippen molar-refractivity contribution in [3.8, 4) is 17.2 Å². The van der Waals surface area contributed by atoms with Crippen LogP contribution in [0.15, 0.2) is 42.5 Å². The monoisotopic (exact) mass is 273 g/mol. The molecule has 0 heterocycles. The molecule has 2 rings (SSSR count). The van der Waals surface area contributed by atoms with Crippen molar-refractivity contribution in [1.29, 1.82) is 0 Å². The molecule has 0 saturated carbocycles. The molecule has 2 aromatic carbocycles. The van der Waals surface area contributed by atoms with E-state index < -0.39 is 0 Å². The second kappa shape index (κ2) is 6.70. The van der Waals surface area contributed by atoms with Crippen LogP contribution >= 0.6 is 0 Å². The molecule has 0 aliphatic rings. The quantitative estimate of drug-likeness (QED) is 0.846. The number of phenols is 1. The lowest BCUT2D eigenvalue weighted by atomic mass is 10.2. The summed E-state index contributed by atoms with van der Waals surface area (Å²) in [6.07, 6.45) is 0. The van der Waals surface area contributed by atoms with Gasteiger partial charge in [0.2, 0.25) is 0 Å². The van der Waals surface area contributed by atoms with Crippen molar-refractivity contribution in [1.82, 2.24) is 0 Å². The molecular formula is C16H19NO3. The molecular weight excluding hydrogens is 254 g/mol. The number of rotatable bonds is 6. The molecule has 4 heteroatoms. The SMILES string of the molecule is CCOc1ccccc1NCc1cc(OC)ccc1O. The van der Waals surface area contributed by atoms with Gasteiger partial charge in [-0.1, -0.05) is 12.1 Å². The third-order valence-electron chi connectivity index (χ3n) is 2.94. The highest BCUT2D eigenvalue weighted by Crippen LogP contribution is 2.27. The van der Waals surface area contributed by atoms with Gasteiger partial charge in [0.1, 0.15) is 17.2 Å². The van der Waals surface area contributed by atoms with E-state index in [2.05, 4.69) is 5.32 Å². The van der Waals surface area contributed by atoms with Crippen molar-refractivity contribution in [2.45, 2.75) is 13.5 Å². The molecule has 0 aliphatic carbocycles. The van der Waals surface area contributed by atoms with Gasteiger partial charge >= 0.3 is 0 Å². The number of hydrogen-bond donors (Lipinski definition) is 2. The Kier molecular flexibility index (Phi) is 4.71. The Hall–Kier alpha value is -2.36. The lowest BCUT2D eigenvalue weighted by Crippen LogP contribution is -2.03. The van der Waals surface area contributed by atoms with E-state index in [4.69, 9.17) is 9.47 Å². The predicted molar refractivity (Wildman–Crippen MR) is 79.6 cm³/mol. The Morgan fingerprint density at radius 1 is 1.15 bits per heavy atom. The van der Waals surface area contributed by atoms with Gasteiger partial charge in [0.15, 0.2) is 0 Å². The second-order valence-electron chi connectivity index (χ2n) is 4.28. The van der Waals surface area contributed by atoms with Gasteiger partial charge in [-0.05, 0) is 37.3 Å². The average molecular weight is 273 g/mol. The van der Waals surface area contributed by atoms with E-state index in [1.54, 1.807) is 19.2 Å². The van der Waals surface area contributed by atoms with Crippen LogP contribution in [-0.2, 0) is 6.54 Å². The molecule has 106 valence electrons. The lowest BCUT2D eigenvalue weighted by molar-refractivity contribution is 0.341. The van der Waals surface area contributed by atoms with E-state index in [1.165, 1.54) is 0 Å². The maximum absolute atomic E-state index is 9.85. The Bertz CT molecular complexity index is 569. The smallest absolute Gasteiger partial charge is 0.142 e. The van der Waals surface area contributed by atoms with Crippen molar-refractivity contribution in [2.75, 3.05) is 19.0 Å². The van der Waals surface area contributed by atoms with Crippen LogP contribution in [0, 0.1) is 0 Å². The Morgan fingerprint density at radius 3 is 2.70 bits per heavy atom. The summed E-state index contributed by atoms with van der Waals surface area (Å²) in [6, 6.07) is 12.9. The molecule has 0 spiro atoms. The summed E-state index contributed by atoms with van der Waals surface area (Å²) in [4.78, 5) is 0. The van der Waals surface area contributed by atoms with E-state index >= 15 is 0 Å². The molecule has 0 unspecified atom stereocenters. The molecule has 0 fully saturated rings. The summed E-state index contributed by atoms with van der Waals surface area (Å²) in [7, 11) is 1.61. The minimum absolute atomic E-state index is 0.243. The number of hydrogen-bond acceptors (Lipinski definition) is 4. The van der Waals surface area contributed by atoms with Gasteiger partial charge in [-0.2, -0.15) is 0 Å². The molecule has 2 N–H and O–H groups in total. The summed E-state index contributed by atoms with van der Waals surface area (Å²) in [5.41, 5.74) is 1.67. The fraction of sp³-hybridized carbons (Fsp3) is 0.250. The molecule has 0 aliphatic heterocycles. The maximum atomic E-state index is 9.85. The first-order valence-corrected chi connectivity index (χ1v) is 6.56. The zero-order valence-electron chi connectivity index (χ0n) is 11.7. The van der Waals surface area contributed by atoms with Gasteiger partial charge in [0.05, 0.1) is 19.4 Å². The van der Waals surface area contributed by atoms with Gasteiger partial charge in [-0.15, -0.1) is 0 Å². The number of nitrogens with one attached hydrogen (secondary N) is 1. The summed E-state index contributed by atoms with van der Waals surface area (Å²) >= 11 is 0. The molecule has 0 radical (unpaired) electrons. The summed E-state index contributed by atoms with van der Waals surface area (Å²) < 4.78 is 10.7. The van der Waals surface area contributed by atoms with Crippen LogP contribution in [-0.4, -0.2) is 18.8 Å². The van der Waals surface area contributed by atoms with Gasteiger partial charge in [0.25, 0.3) is 0 Å². The van der Waals surface area contributed by atoms with Crippen molar-refractivity contribution < 1.29 is 14.6 Å². The highest BCUT2D eigenvalue weighted by atomic mass is 16.5. The molecule has 0 aromatic heterocycles. The fourth-order valence-corrected chi connectivity index (χ4v) is 1.91. The molecule has 0 saturated heterocycles. The van der Waals surface area contributed by atoms with Crippen LogP contribution in [0.25, 0.3) is 0 Å². The first kappa shape index (κ1) is 14.1. The summed E-state index contributed by atoms with van der Waals surface area (Å²) in [5, 5.41) is 13.1. The highest BCUT2D eigenvalue weighted by molar-refractivity contribution is 5.57. The molecule has 0 atom stereocenters. The summed E-state index contributed by atoms with van der Waals surface area (Å²) in [5.74, 6) is 1.77. The second-order valence-corrected chi connectivity index (χ2v) is 4.28. The maximum Gasteiger partial charge on any atom is 0.142 e. The third-order valence-corrected chi connectivity index (χ3v) is 2.94. The number of para-hydroxylation sites is 2. The number of phenolic OH excluding ortho intramolecular Hbond substituents is 1. The largest absolute Gasteiger partial charge is 0.508 e. The van der Waals surface area contributed by atoms with E-state index in [0.29, 0.717) is 13.2 Å². The number of aromatic hydroxyl groups is 1. The first-order chi connectivity index (χ1) is 9.74. The molecule has 20 heavy (non-hydrogen) atoms. The van der Waals surface area contributed by atoms with Crippen molar-refractivity contribution in [3.05, 3.63) is 48.0 Å². The highest BCUT2D eigenvalue weighted by Gasteiger charge is 2.06. The standard InChI is InChI=1S/C16H19NO3/c1-3-20-16-7-5-4-6-14(16)17-11-12-10-13(19-2)8-9-15(12)18/h4-10,17-18H,3,11H2,1-2H3. The van der Waals surface area contributed by atoms with Crippen LogP contribution in [0.3, 0.4) is 0 Å². The van der Waals surface area contributed by atoms with Crippen molar-refractivity contribution in [2.24, 2.45) is 0 Å². The Labute approximate surface area is 119 Å². The zero-order chi connectivity index (χ0) is 14.4. The van der Waals surface area contributed by atoms with E-state index in [9.17, 15) is 5.11 Å². The lowest BCUT2D eigenvalue weighted by Gasteiger charge is -2.13. The molecule has 0 bridgehead atoms. The number of anilines is 1. The van der Waals surface area contributed by atoms with E-state index in [0.717, 1.165) is 22.7 Å². The number of ether oxygens (including phenoxy) is 2. The van der Waals surface area contributed by atoms with Crippen LogP contribution < -0.4 is 14.8 Å². The van der Waals surface area contributed by atoms with Crippen molar-refractivity contribution in [3.63, 3.8) is 0 Å². The van der Waals surface area contributed by atoms with Gasteiger partial charge in [0, 0.05) is 12.1 Å². The van der Waals surface area contributed by atoms with Crippen LogP contribution in [0.5, 0.6) is 17.2 Å². The Balaban J connectivity index is 2.12. The molecule has 2 aromatic rings.